The molecule has 140 valence electrons. The molecular weight excluding hydrogens is 320 g/mol. The van der Waals surface area contributed by atoms with Crippen LogP contribution in [0.2, 0.25) is 0 Å². The van der Waals surface area contributed by atoms with Gasteiger partial charge in [0.25, 0.3) is 0 Å². The van der Waals surface area contributed by atoms with Gasteiger partial charge in [-0.2, -0.15) is 0 Å². The van der Waals surface area contributed by atoms with Gasteiger partial charge in [-0.1, -0.05) is 6.07 Å². The third-order valence-corrected chi connectivity index (χ3v) is 6.34. The van der Waals surface area contributed by atoms with Gasteiger partial charge >= 0.3 is 0 Å². The molecule has 1 aromatic carbocycles. The van der Waals surface area contributed by atoms with E-state index in [2.05, 4.69) is 70.6 Å². The van der Waals surface area contributed by atoms with Crippen LogP contribution in [-0.2, 0) is 0 Å². The second-order valence-electron chi connectivity index (χ2n) is 8.69. The smallest absolute Gasteiger partial charge is 0.218 e. The average molecular weight is 354 g/mol. The van der Waals surface area contributed by atoms with E-state index in [1.807, 2.05) is 0 Å². The first-order valence-electron chi connectivity index (χ1n) is 9.83. The standard InChI is InChI=1S/C23H33N2O/c1-16-11-12-20(13-17(16)2)24-18(3)14-22(19(24)4)23(26)15-25(5,6)21-9-7-8-10-21/h11-14,21H,7-10,15H2,1-6H3/q+1. The number of hydrogen-bond acceptors (Lipinski definition) is 1. The number of likely N-dealkylation sites (N-methyl/N-ethyl adjacent to an activating group) is 1. The number of nitrogens with zero attached hydrogens (tertiary/aromatic N) is 2. The molecule has 1 aliphatic rings. The maximum atomic E-state index is 13.1. The highest BCUT2D eigenvalue weighted by Gasteiger charge is 2.34. The van der Waals surface area contributed by atoms with E-state index in [0.717, 1.165) is 27.1 Å². The number of aryl methyl sites for hydroxylation is 3. The van der Waals surface area contributed by atoms with Crippen molar-refractivity contribution < 1.29 is 9.28 Å². The molecule has 3 rings (SSSR count). The maximum Gasteiger partial charge on any atom is 0.218 e. The van der Waals surface area contributed by atoms with Crippen molar-refractivity contribution >= 4 is 5.78 Å². The van der Waals surface area contributed by atoms with Gasteiger partial charge in [-0.3, -0.25) is 4.79 Å². The Morgan fingerprint density at radius 3 is 2.31 bits per heavy atom. The largest absolute Gasteiger partial charge is 0.320 e. The monoisotopic (exact) mass is 353 g/mol. The molecule has 1 fully saturated rings. The lowest BCUT2D eigenvalue weighted by Gasteiger charge is -2.35. The predicted molar refractivity (Wildman–Crippen MR) is 108 cm³/mol. The topological polar surface area (TPSA) is 22.0 Å². The van der Waals surface area contributed by atoms with Crippen LogP contribution in [0.3, 0.4) is 0 Å². The SMILES string of the molecule is Cc1ccc(-n2c(C)cc(C(=O)C[N+](C)(C)C3CCCC3)c2C)cc1C. The van der Waals surface area contributed by atoms with Crippen LogP contribution in [0, 0.1) is 27.7 Å². The molecule has 0 bridgehead atoms. The van der Waals surface area contributed by atoms with Crippen molar-refractivity contribution in [2.75, 3.05) is 20.6 Å². The minimum absolute atomic E-state index is 0.269. The van der Waals surface area contributed by atoms with Gasteiger partial charge in [-0.15, -0.1) is 0 Å². The van der Waals surface area contributed by atoms with Gasteiger partial charge in [-0.25, -0.2) is 0 Å². The highest BCUT2D eigenvalue weighted by atomic mass is 16.1. The molecular formula is C23H33N2O+. The summed E-state index contributed by atoms with van der Waals surface area (Å²) >= 11 is 0. The first kappa shape index (κ1) is 18.9. The number of quaternary nitrogens is 1. The molecule has 1 aliphatic carbocycles. The van der Waals surface area contributed by atoms with E-state index in [-0.39, 0.29) is 5.78 Å². The zero-order valence-electron chi connectivity index (χ0n) is 17.2. The van der Waals surface area contributed by atoms with E-state index in [0.29, 0.717) is 12.6 Å². The number of rotatable bonds is 5. The molecule has 26 heavy (non-hydrogen) atoms. The van der Waals surface area contributed by atoms with E-state index in [4.69, 9.17) is 0 Å². The Hall–Kier alpha value is -1.87. The minimum Gasteiger partial charge on any atom is -0.320 e. The fourth-order valence-electron chi connectivity index (χ4n) is 4.49. The van der Waals surface area contributed by atoms with E-state index >= 15 is 0 Å². The molecule has 0 radical (unpaired) electrons. The Morgan fingerprint density at radius 2 is 1.69 bits per heavy atom. The summed E-state index contributed by atoms with van der Waals surface area (Å²) in [5.41, 5.74) is 6.78. The minimum atomic E-state index is 0.269. The Balaban J connectivity index is 1.89. The highest BCUT2D eigenvalue weighted by Crippen LogP contribution is 2.28. The summed E-state index contributed by atoms with van der Waals surface area (Å²) in [6, 6.07) is 9.21. The van der Waals surface area contributed by atoms with E-state index in [1.165, 1.54) is 36.8 Å². The second-order valence-corrected chi connectivity index (χ2v) is 8.69. The summed E-state index contributed by atoms with van der Waals surface area (Å²) in [6.45, 7) is 9.02. The van der Waals surface area contributed by atoms with Gasteiger partial charge in [0, 0.05) is 22.6 Å². The number of carbonyl (C=O) groups excluding carboxylic acids is 1. The average Bonchev–Trinajstić information content (AvgIpc) is 3.19. The lowest BCUT2D eigenvalue weighted by atomic mass is 10.1. The lowest BCUT2D eigenvalue weighted by molar-refractivity contribution is -0.906. The van der Waals surface area contributed by atoms with Crippen LogP contribution < -0.4 is 0 Å². The van der Waals surface area contributed by atoms with Gasteiger partial charge in [-0.05, 0) is 82.7 Å². The van der Waals surface area contributed by atoms with Crippen molar-refractivity contribution in [1.29, 1.82) is 0 Å². The summed E-state index contributed by atoms with van der Waals surface area (Å²) in [7, 11) is 4.44. The van der Waals surface area contributed by atoms with Crippen LogP contribution in [-0.4, -0.2) is 41.5 Å². The third-order valence-electron chi connectivity index (χ3n) is 6.34. The van der Waals surface area contributed by atoms with Gasteiger partial charge in [0.1, 0.15) is 6.54 Å². The Morgan fingerprint density at radius 1 is 1.04 bits per heavy atom. The number of Topliss-reactive ketones (excluding diaryl/α,β-unsaturated/α-hetero) is 1. The summed E-state index contributed by atoms with van der Waals surface area (Å²) in [5.74, 6) is 0.269. The number of ketones is 1. The number of hydrogen-bond donors (Lipinski definition) is 0. The van der Waals surface area contributed by atoms with Crippen LogP contribution >= 0.6 is 0 Å². The normalized spacial score (nSPS) is 15.6. The zero-order valence-corrected chi connectivity index (χ0v) is 17.2. The van der Waals surface area contributed by atoms with Gasteiger partial charge in [0.05, 0.1) is 20.1 Å². The second kappa shape index (κ2) is 7.03. The fourth-order valence-corrected chi connectivity index (χ4v) is 4.49. The summed E-state index contributed by atoms with van der Waals surface area (Å²) in [4.78, 5) is 13.1. The molecule has 0 unspecified atom stereocenters. The number of aromatic nitrogens is 1. The molecule has 0 amide bonds. The summed E-state index contributed by atoms with van der Waals surface area (Å²) < 4.78 is 3.03. The van der Waals surface area contributed by atoms with Gasteiger partial charge < -0.3 is 9.05 Å². The van der Waals surface area contributed by atoms with Crippen molar-refractivity contribution in [3.8, 4) is 5.69 Å². The quantitative estimate of drug-likeness (QED) is 0.553. The van der Waals surface area contributed by atoms with E-state index < -0.39 is 0 Å². The Labute approximate surface area is 158 Å². The van der Waals surface area contributed by atoms with Gasteiger partial charge in [0.2, 0.25) is 5.78 Å². The van der Waals surface area contributed by atoms with Crippen LogP contribution in [0.4, 0.5) is 0 Å². The predicted octanol–water partition coefficient (Wildman–Crippen LogP) is 4.91. The van der Waals surface area contributed by atoms with Crippen LogP contribution in [0.1, 0.15) is 58.6 Å². The first-order valence-corrected chi connectivity index (χ1v) is 9.83. The summed E-state index contributed by atoms with van der Waals surface area (Å²) in [5, 5.41) is 0. The van der Waals surface area contributed by atoms with Crippen molar-refractivity contribution in [3.05, 3.63) is 52.3 Å². The molecule has 1 aromatic heterocycles. The molecule has 1 saturated carbocycles. The summed E-state index contributed by atoms with van der Waals surface area (Å²) in [6.07, 6.45) is 5.12. The third kappa shape index (κ3) is 3.50. The van der Waals surface area contributed by atoms with Crippen LogP contribution in [0.25, 0.3) is 5.69 Å². The zero-order chi connectivity index (χ0) is 19.1. The highest BCUT2D eigenvalue weighted by molar-refractivity contribution is 5.98. The van der Waals surface area contributed by atoms with Crippen molar-refractivity contribution in [2.24, 2.45) is 0 Å². The molecule has 0 aliphatic heterocycles. The molecule has 2 aromatic rings. The molecule has 0 N–H and O–H groups in total. The van der Waals surface area contributed by atoms with Crippen molar-refractivity contribution in [2.45, 2.75) is 59.4 Å². The molecule has 0 spiro atoms. The Kier molecular flexibility index (Phi) is 5.12. The molecule has 1 heterocycles. The van der Waals surface area contributed by atoms with Crippen LogP contribution in [0.15, 0.2) is 24.3 Å². The fraction of sp³-hybridized carbons (Fsp3) is 0.522. The van der Waals surface area contributed by atoms with E-state index in [1.54, 1.807) is 0 Å². The first-order chi connectivity index (χ1) is 12.2. The molecule has 0 saturated heterocycles. The van der Waals surface area contributed by atoms with E-state index in [9.17, 15) is 4.79 Å². The van der Waals surface area contributed by atoms with Crippen molar-refractivity contribution in [1.82, 2.24) is 4.57 Å². The Bertz CT molecular complexity index is 823. The lowest BCUT2D eigenvalue weighted by Crippen LogP contribution is -2.50. The number of benzene rings is 1. The molecule has 3 heteroatoms. The molecule has 0 atom stereocenters. The van der Waals surface area contributed by atoms with Crippen molar-refractivity contribution in [3.63, 3.8) is 0 Å². The van der Waals surface area contributed by atoms with Gasteiger partial charge in [0.15, 0.2) is 0 Å². The molecule has 3 nitrogen and oxygen atoms in total. The van der Waals surface area contributed by atoms with Crippen LogP contribution in [0.5, 0.6) is 0 Å². The number of carbonyl (C=O) groups is 1. The maximum absolute atomic E-state index is 13.1.